The first-order chi connectivity index (χ1) is 17.7. The molecule has 0 aromatic heterocycles. The number of rotatable bonds is 12. The third-order valence-corrected chi connectivity index (χ3v) is 12.0. The van der Waals surface area contributed by atoms with Crippen molar-refractivity contribution in [1.29, 1.82) is 0 Å². The number of allylic oxidation sites excluding steroid dienone is 1. The highest BCUT2D eigenvalue weighted by Gasteiger charge is 2.59. The van der Waals surface area contributed by atoms with Crippen molar-refractivity contribution in [1.82, 2.24) is 0 Å². The van der Waals surface area contributed by atoms with Crippen LogP contribution in [0.4, 0.5) is 0 Å². The second-order valence-electron chi connectivity index (χ2n) is 14.8. The Kier molecular flexibility index (Phi) is 9.94. The molecule has 3 fully saturated rings. The number of ether oxygens (including phenoxy) is 1. The Bertz CT molecular complexity index is 782. The molecule has 0 bridgehead atoms. The van der Waals surface area contributed by atoms with E-state index in [4.69, 9.17) is 4.74 Å². The number of hydrogen-bond donors (Lipinski definition) is 0. The summed E-state index contributed by atoms with van der Waals surface area (Å²) in [5, 5.41) is 0. The Balaban J connectivity index is 1.34. The molecule has 0 spiro atoms. The van der Waals surface area contributed by atoms with E-state index >= 15 is 0 Å². The summed E-state index contributed by atoms with van der Waals surface area (Å²) in [5.41, 5.74) is 2.54. The van der Waals surface area contributed by atoms with Gasteiger partial charge in [0.2, 0.25) is 0 Å². The molecule has 212 valence electrons. The lowest BCUT2D eigenvalue weighted by molar-refractivity contribution is -0.151. The molecule has 2 heteroatoms. The van der Waals surface area contributed by atoms with E-state index in [2.05, 4.69) is 47.6 Å². The van der Waals surface area contributed by atoms with Gasteiger partial charge >= 0.3 is 5.97 Å². The van der Waals surface area contributed by atoms with Crippen molar-refractivity contribution < 1.29 is 9.53 Å². The van der Waals surface area contributed by atoms with E-state index in [1.165, 1.54) is 77.0 Å². The van der Waals surface area contributed by atoms with Gasteiger partial charge in [-0.05, 0) is 97.7 Å². The Morgan fingerprint density at radius 2 is 1.73 bits per heavy atom. The van der Waals surface area contributed by atoms with Gasteiger partial charge in [-0.1, -0.05) is 98.1 Å². The van der Waals surface area contributed by atoms with E-state index < -0.39 is 0 Å². The van der Waals surface area contributed by atoms with Crippen LogP contribution in [0.1, 0.15) is 151 Å². The van der Waals surface area contributed by atoms with Crippen molar-refractivity contribution in [2.75, 3.05) is 0 Å². The summed E-state index contributed by atoms with van der Waals surface area (Å²) in [5.74, 6) is 5.34. The molecule has 2 nitrogen and oxygen atoms in total. The van der Waals surface area contributed by atoms with Crippen molar-refractivity contribution in [3.63, 3.8) is 0 Å². The van der Waals surface area contributed by atoms with Crippen LogP contribution in [0.15, 0.2) is 11.6 Å². The Morgan fingerprint density at radius 1 is 0.946 bits per heavy atom. The fourth-order valence-corrected chi connectivity index (χ4v) is 9.87. The van der Waals surface area contributed by atoms with Crippen LogP contribution in [-0.4, -0.2) is 12.1 Å². The molecule has 0 unspecified atom stereocenters. The molecule has 0 N–H and O–H groups in total. The van der Waals surface area contributed by atoms with E-state index in [-0.39, 0.29) is 12.1 Å². The molecule has 0 radical (unpaired) electrons. The lowest BCUT2D eigenvalue weighted by atomic mass is 9.47. The SMILES string of the molecule is CCCCCCCC(=O)O[C@H]1CC[C@@]2(C)C(=CC[C@H]3[C@@H]4CC[C@H]([C@H](C)CC[13CH2]C(C)C)[C@@]4(C)CC[C@@H]32)C1. The zero-order valence-electron chi connectivity index (χ0n) is 25.5. The third-order valence-electron chi connectivity index (χ3n) is 12.0. The molecule has 0 aliphatic heterocycles. The van der Waals surface area contributed by atoms with Gasteiger partial charge in [0.25, 0.3) is 0 Å². The summed E-state index contributed by atoms with van der Waals surface area (Å²) in [6, 6.07) is 0. The highest BCUT2D eigenvalue weighted by Crippen LogP contribution is 2.67. The van der Waals surface area contributed by atoms with Crippen molar-refractivity contribution in [2.24, 2.45) is 46.3 Å². The average Bonchev–Trinajstić information content (AvgIpc) is 3.21. The minimum Gasteiger partial charge on any atom is -0.462 e. The van der Waals surface area contributed by atoms with Crippen molar-refractivity contribution in [2.45, 2.75) is 157 Å². The quantitative estimate of drug-likeness (QED) is 0.112. The number of carbonyl (C=O) groups is 1. The Labute approximate surface area is 230 Å². The molecule has 0 aromatic rings. The molecular formula is C35H60O2. The third kappa shape index (κ3) is 6.35. The number of fused-ring (bicyclic) bond motifs is 5. The zero-order valence-corrected chi connectivity index (χ0v) is 25.5. The first-order valence-corrected chi connectivity index (χ1v) is 16.6. The van der Waals surface area contributed by atoms with E-state index in [1.807, 2.05) is 0 Å². The predicted molar refractivity (Wildman–Crippen MR) is 156 cm³/mol. The smallest absolute Gasteiger partial charge is 0.306 e. The summed E-state index contributed by atoms with van der Waals surface area (Å²) < 4.78 is 6.02. The summed E-state index contributed by atoms with van der Waals surface area (Å²) in [6.45, 7) is 14.9. The van der Waals surface area contributed by atoms with E-state index in [9.17, 15) is 4.79 Å². The lowest BCUT2D eigenvalue weighted by Crippen LogP contribution is -2.51. The van der Waals surface area contributed by atoms with Gasteiger partial charge < -0.3 is 4.74 Å². The molecule has 0 heterocycles. The maximum absolute atomic E-state index is 12.5. The van der Waals surface area contributed by atoms with E-state index in [0.717, 1.165) is 61.2 Å². The van der Waals surface area contributed by atoms with Crippen LogP contribution in [0, 0.1) is 46.3 Å². The zero-order chi connectivity index (χ0) is 26.6. The molecule has 4 aliphatic carbocycles. The number of carbonyl (C=O) groups excluding carboxylic acids is 1. The molecule has 4 aliphatic rings. The number of unbranched alkanes of at least 4 members (excludes halogenated alkanes) is 4. The van der Waals surface area contributed by atoms with Crippen LogP contribution in [0.3, 0.4) is 0 Å². The topological polar surface area (TPSA) is 26.3 Å². The van der Waals surface area contributed by atoms with E-state index in [0.29, 0.717) is 17.3 Å². The van der Waals surface area contributed by atoms with Crippen LogP contribution in [-0.2, 0) is 9.53 Å². The van der Waals surface area contributed by atoms with Gasteiger partial charge in [-0.3, -0.25) is 4.79 Å². The molecule has 37 heavy (non-hydrogen) atoms. The highest BCUT2D eigenvalue weighted by atomic mass is 16.5. The van der Waals surface area contributed by atoms with Crippen LogP contribution >= 0.6 is 0 Å². The minimum absolute atomic E-state index is 0.0485. The van der Waals surface area contributed by atoms with E-state index in [1.54, 1.807) is 5.57 Å². The summed E-state index contributed by atoms with van der Waals surface area (Å²) >= 11 is 0. The summed E-state index contributed by atoms with van der Waals surface area (Å²) in [4.78, 5) is 12.5. The van der Waals surface area contributed by atoms with Gasteiger partial charge in [0.15, 0.2) is 0 Å². The largest absolute Gasteiger partial charge is 0.462 e. The van der Waals surface area contributed by atoms with Gasteiger partial charge in [-0.2, -0.15) is 0 Å². The molecule has 4 rings (SSSR count). The predicted octanol–water partition coefficient (Wildman–Crippen LogP) is 10.3. The van der Waals surface area contributed by atoms with Crippen LogP contribution in [0.5, 0.6) is 0 Å². The van der Waals surface area contributed by atoms with Gasteiger partial charge in [0.1, 0.15) is 6.10 Å². The molecule has 0 saturated heterocycles. The van der Waals surface area contributed by atoms with Crippen LogP contribution in [0.2, 0.25) is 0 Å². The molecular weight excluding hydrogens is 453 g/mol. The van der Waals surface area contributed by atoms with Crippen molar-refractivity contribution >= 4 is 5.97 Å². The fourth-order valence-electron chi connectivity index (χ4n) is 9.87. The second-order valence-corrected chi connectivity index (χ2v) is 14.8. The number of hydrogen-bond acceptors (Lipinski definition) is 2. The van der Waals surface area contributed by atoms with Gasteiger partial charge in [-0.15, -0.1) is 0 Å². The first kappa shape index (κ1) is 29.2. The molecule has 8 atom stereocenters. The molecule has 3 saturated carbocycles. The van der Waals surface area contributed by atoms with Crippen molar-refractivity contribution in [3.8, 4) is 0 Å². The first-order valence-electron chi connectivity index (χ1n) is 16.6. The monoisotopic (exact) mass is 513 g/mol. The molecule has 0 amide bonds. The van der Waals surface area contributed by atoms with Gasteiger partial charge in [0.05, 0.1) is 0 Å². The maximum atomic E-state index is 12.5. The highest BCUT2D eigenvalue weighted by molar-refractivity contribution is 5.69. The van der Waals surface area contributed by atoms with Gasteiger partial charge in [-0.25, -0.2) is 0 Å². The lowest BCUT2D eigenvalue weighted by Gasteiger charge is -2.58. The normalized spacial score (nSPS) is 37.9. The fraction of sp³-hybridized carbons (Fsp3) is 0.914. The second kappa shape index (κ2) is 12.6. The Hall–Kier alpha value is -0.790. The maximum Gasteiger partial charge on any atom is 0.306 e. The summed E-state index contributed by atoms with van der Waals surface area (Å²) in [7, 11) is 0. The average molecular weight is 514 g/mol. The number of esters is 1. The van der Waals surface area contributed by atoms with Gasteiger partial charge in [0, 0.05) is 12.8 Å². The summed E-state index contributed by atoms with van der Waals surface area (Å²) in [6.07, 6.45) is 23.9. The van der Waals surface area contributed by atoms with Crippen LogP contribution < -0.4 is 0 Å². The van der Waals surface area contributed by atoms with Crippen molar-refractivity contribution in [3.05, 3.63) is 11.6 Å². The molecule has 0 aromatic carbocycles. The van der Waals surface area contributed by atoms with Crippen LogP contribution in [0.25, 0.3) is 0 Å². The minimum atomic E-state index is 0.0485. The standard InChI is InChI=1S/C35H60O2/c1-7-8-9-10-11-15-33(36)37-28-20-22-34(5)27(24-28)16-17-29-31-19-18-30(26(4)14-12-13-25(2)3)35(31,6)23-21-32(29)34/h16,25-26,28-32H,7-15,17-24H2,1-6H3/t26-,28+,29+,30-,31+,32+,34+,35-/m1/s1/i13+1. The Morgan fingerprint density at radius 3 is 2.49 bits per heavy atom.